The third-order valence-corrected chi connectivity index (χ3v) is 1.46. The van der Waals surface area contributed by atoms with Crippen molar-refractivity contribution in [2.24, 2.45) is 0 Å². The lowest BCUT2D eigenvalue weighted by molar-refractivity contribution is 1.13. The van der Waals surface area contributed by atoms with Crippen LogP contribution in [0.5, 0.6) is 0 Å². The van der Waals surface area contributed by atoms with Crippen molar-refractivity contribution in [2.45, 2.75) is 0 Å². The average Bonchev–Trinajstić information content (AvgIpc) is 2.34. The number of nitrogens with two attached hydrogens (primary N) is 2. The highest BCUT2D eigenvalue weighted by atomic mass is 15.2. The zero-order chi connectivity index (χ0) is 7.84. The quantitative estimate of drug-likeness (QED) is 0.547. The first-order chi connectivity index (χ1) is 5.29. The fourth-order valence-electron chi connectivity index (χ4n) is 0.965. The molecule has 5 nitrogen and oxygen atoms in total. The summed E-state index contributed by atoms with van der Waals surface area (Å²) in [6.07, 6.45) is 3.12. The second-order valence-electron chi connectivity index (χ2n) is 2.19. The van der Waals surface area contributed by atoms with Crippen LogP contribution in [0, 0.1) is 0 Å². The van der Waals surface area contributed by atoms with E-state index in [1.165, 1.54) is 6.20 Å². The number of anilines is 2. The molecular formula is C6H7N5. The van der Waals surface area contributed by atoms with E-state index in [1.54, 1.807) is 16.7 Å². The summed E-state index contributed by atoms with van der Waals surface area (Å²) in [5.74, 6) is 1.58. The maximum atomic E-state index is 5.60. The van der Waals surface area contributed by atoms with E-state index in [0.29, 0.717) is 17.4 Å². The minimum atomic E-state index is 0.505. The van der Waals surface area contributed by atoms with Crippen molar-refractivity contribution in [3.05, 3.63) is 18.5 Å². The molecule has 56 valence electrons. The predicted octanol–water partition coefficient (Wildman–Crippen LogP) is -0.106. The van der Waals surface area contributed by atoms with E-state index in [-0.39, 0.29) is 0 Å². The van der Waals surface area contributed by atoms with Gasteiger partial charge < -0.3 is 11.5 Å². The van der Waals surface area contributed by atoms with Crippen LogP contribution in [0.3, 0.4) is 0 Å². The number of fused-ring (bicyclic) bond motifs is 1. The SMILES string of the molecule is Nc1ccnc2ncc(N)n12. The lowest BCUT2D eigenvalue weighted by atomic mass is 10.6. The highest BCUT2D eigenvalue weighted by Crippen LogP contribution is 2.10. The molecule has 0 aliphatic rings. The van der Waals surface area contributed by atoms with Crippen molar-refractivity contribution in [3.8, 4) is 0 Å². The van der Waals surface area contributed by atoms with Crippen molar-refractivity contribution < 1.29 is 0 Å². The molecule has 4 N–H and O–H groups in total. The van der Waals surface area contributed by atoms with E-state index in [0.717, 1.165) is 0 Å². The topological polar surface area (TPSA) is 82.2 Å². The first kappa shape index (κ1) is 5.96. The maximum Gasteiger partial charge on any atom is 0.237 e. The van der Waals surface area contributed by atoms with E-state index < -0.39 is 0 Å². The molecule has 2 aromatic heterocycles. The van der Waals surface area contributed by atoms with Gasteiger partial charge in [0.2, 0.25) is 5.78 Å². The van der Waals surface area contributed by atoms with Crippen LogP contribution in [-0.2, 0) is 0 Å². The number of hydrogen-bond acceptors (Lipinski definition) is 4. The average molecular weight is 149 g/mol. The van der Waals surface area contributed by atoms with Gasteiger partial charge in [0.05, 0.1) is 6.20 Å². The molecule has 0 saturated carbocycles. The van der Waals surface area contributed by atoms with Crippen LogP contribution in [0.2, 0.25) is 0 Å². The van der Waals surface area contributed by atoms with Crippen LogP contribution in [0.4, 0.5) is 11.6 Å². The molecule has 0 aliphatic carbocycles. The lowest BCUT2D eigenvalue weighted by Gasteiger charge is -1.98. The van der Waals surface area contributed by atoms with Crippen LogP contribution in [0.15, 0.2) is 18.5 Å². The predicted molar refractivity (Wildman–Crippen MR) is 41.8 cm³/mol. The minimum Gasteiger partial charge on any atom is -0.385 e. The Morgan fingerprint density at radius 1 is 1.18 bits per heavy atom. The molecule has 0 spiro atoms. The van der Waals surface area contributed by atoms with Gasteiger partial charge >= 0.3 is 0 Å². The lowest BCUT2D eigenvalue weighted by Crippen LogP contribution is -2.00. The largest absolute Gasteiger partial charge is 0.385 e. The Labute approximate surface area is 62.7 Å². The van der Waals surface area contributed by atoms with Crippen molar-refractivity contribution in [2.75, 3.05) is 11.5 Å². The van der Waals surface area contributed by atoms with Gasteiger partial charge in [0.25, 0.3) is 0 Å². The van der Waals surface area contributed by atoms with E-state index in [1.807, 2.05) is 0 Å². The summed E-state index contributed by atoms with van der Waals surface area (Å²) in [7, 11) is 0. The van der Waals surface area contributed by atoms with Crippen molar-refractivity contribution in [1.82, 2.24) is 14.4 Å². The second-order valence-corrected chi connectivity index (χ2v) is 2.19. The zero-order valence-electron chi connectivity index (χ0n) is 5.73. The monoisotopic (exact) mass is 149 g/mol. The fraction of sp³-hybridized carbons (Fsp3) is 0. The van der Waals surface area contributed by atoms with Crippen molar-refractivity contribution in [1.29, 1.82) is 0 Å². The van der Waals surface area contributed by atoms with Crippen LogP contribution in [0.1, 0.15) is 0 Å². The summed E-state index contributed by atoms with van der Waals surface area (Å²) in [6, 6.07) is 1.67. The third kappa shape index (κ3) is 0.706. The Balaban J connectivity index is 2.96. The number of rotatable bonds is 0. The van der Waals surface area contributed by atoms with Gasteiger partial charge in [-0.2, -0.15) is 0 Å². The molecule has 11 heavy (non-hydrogen) atoms. The number of aromatic nitrogens is 3. The molecule has 0 radical (unpaired) electrons. The van der Waals surface area contributed by atoms with Gasteiger partial charge in [-0.1, -0.05) is 0 Å². The molecule has 0 unspecified atom stereocenters. The Morgan fingerprint density at radius 2 is 2.00 bits per heavy atom. The molecule has 0 aromatic carbocycles. The molecule has 0 saturated heterocycles. The van der Waals surface area contributed by atoms with Gasteiger partial charge in [-0.25, -0.2) is 14.4 Å². The number of nitrogen functional groups attached to an aromatic ring is 2. The molecule has 0 amide bonds. The molecule has 0 atom stereocenters. The van der Waals surface area contributed by atoms with Crippen LogP contribution in [0.25, 0.3) is 5.78 Å². The summed E-state index contributed by atoms with van der Waals surface area (Å²) >= 11 is 0. The molecular weight excluding hydrogens is 142 g/mol. The molecule has 2 heterocycles. The molecule has 0 aliphatic heterocycles. The van der Waals surface area contributed by atoms with E-state index in [9.17, 15) is 0 Å². The van der Waals surface area contributed by atoms with Crippen LogP contribution in [-0.4, -0.2) is 14.4 Å². The minimum absolute atomic E-state index is 0.505. The summed E-state index contributed by atoms with van der Waals surface area (Å²) in [6.45, 7) is 0. The van der Waals surface area contributed by atoms with Crippen molar-refractivity contribution >= 4 is 17.4 Å². The molecule has 0 fully saturated rings. The Morgan fingerprint density at radius 3 is 2.73 bits per heavy atom. The smallest absolute Gasteiger partial charge is 0.237 e. The maximum absolute atomic E-state index is 5.60. The van der Waals surface area contributed by atoms with Gasteiger partial charge in [0.15, 0.2) is 0 Å². The molecule has 2 rings (SSSR count). The fourth-order valence-corrected chi connectivity index (χ4v) is 0.965. The van der Waals surface area contributed by atoms with Crippen molar-refractivity contribution in [3.63, 3.8) is 0 Å². The molecule has 0 bridgehead atoms. The highest BCUT2D eigenvalue weighted by molar-refractivity contribution is 5.50. The number of nitrogens with zero attached hydrogens (tertiary/aromatic N) is 3. The number of hydrogen-bond donors (Lipinski definition) is 2. The molecule has 5 heteroatoms. The van der Waals surface area contributed by atoms with Gasteiger partial charge in [-0.3, -0.25) is 0 Å². The Hall–Kier alpha value is -1.78. The zero-order valence-corrected chi connectivity index (χ0v) is 5.73. The Kier molecular flexibility index (Phi) is 1.00. The first-order valence-electron chi connectivity index (χ1n) is 3.12. The normalized spacial score (nSPS) is 10.5. The third-order valence-electron chi connectivity index (χ3n) is 1.46. The van der Waals surface area contributed by atoms with E-state index >= 15 is 0 Å². The number of imidazole rings is 1. The van der Waals surface area contributed by atoms with E-state index in [2.05, 4.69) is 9.97 Å². The van der Waals surface area contributed by atoms with Crippen LogP contribution < -0.4 is 11.5 Å². The Bertz CT molecular complexity index is 391. The summed E-state index contributed by atoms with van der Waals surface area (Å²) in [4.78, 5) is 7.88. The highest BCUT2D eigenvalue weighted by Gasteiger charge is 2.01. The van der Waals surface area contributed by atoms with Gasteiger partial charge in [-0.05, 0) is 6.07 Å². The van der Waals surface area contributed by atoms with Crippen LogP contribution >= 0.6 is 0 Å². The van der Waals surface area contributed by atoms with Gasteiger partial charge in [-0.15, -0.1) is 0 Å². The summed E-state index contributed by atoms with van der Waals surface area (Å²) in [5, 5.41) is 0. The standard InChI is InChI=1S/C6H7N5/c7-4-1-2-9-6-10-3-5(8)11(4)6/h1-3H,7-8H2. The summed E-state index contributed by atoms with van der Waals surface area (Å²) in [5.41, 5.74) is 11.2. The second kappa shape index (κ2) is 1.85. The first-order valence-corrected chi connectivity index (χ1v) is 3.12. The summed E-state index contributed by atoms with van der Waals surface area (Å²) < 4.78 is 1.58. The molecule has 2 aromatic rings. The van der Waals surface area contributed by atoms with Gasteiger partial charge in [0, 0.05) is 6.20 Å². The van der Waals surface area contributed by atoms with E-state index in [4.69, 9.17) is 11.5 Å². The van der Waals surface area contributed by atoms with Gasteiger partial charge in [0.1, 0.15) is 11.6 Å².